The zero-order valence-electron chi connectivity index (χ0n) is 16.3. The monoisotopic (exact) mass is 389 g/mol. The molecule has 0 aromatic heterocycles. The summed E-state index contributed by atoms with van der Waals surface area (Å²) in [7, 11) is 0. The van der Waals surface area contributed by atoms with Crippen LogP contribution in [0.3, 0.4) is 0 Å². The zero-order valence-corrected chi connectivity index (χ0v) is 16.3. The number of halogens is 3. The molecular weight excluding hydrogens is 359 g/mol. The van der Waals surface area contributed by atoms with Gasteiger partial charge in [-0.1, -0.05) is 6.92 Å². The SMILES string of the molecule is CCNCCCC(C)NCC(=O)NC(C)c1c(C)cc(C(F)(F)F)cc1O. The summed E-state index contributed by atoms with van der Waals surface area (Å²) in [6.07, 6.45) is -2.60. The predicted molar refractivity (Wildman–Crippen MR) is 99.6 cm³/mol. The molecule has 0 heterocycles. The van der Waals surface area contributed by atoms with Crippen LogP contribution < -0.4 is 16.0 Å². The summed E-state index contributed by atoms with van der Waals surface area (Å²) in [4.78, 5) is 12.1. The van der Waals surface area contributed by atoms with Gasteiger partial charge in [0.25, 0.3) is 0 Å². The minimum Gasteiger partial charge on any atom is -0.508 e. The highest BCUT2D eigenvalue weighted by molar-refractivity contribution is 5.78. The third-order valence-electron chi connectivity index (χ3n) is 4.35. The van der Waals surface area contributed by atoms with Gasteiger partial charge in [-0.05, 0) is 64.4 Å². The van der Waals surface area contributed by atoms with E-state index in [4.69, 9.17) is 0 Å². The first kappa shape index (κ1) is 23.2. The lowest BCUT2D eigenvalue weighted by Crippen LogP contribution is -2.39. The van der Waals surface area contributed by atoms with Crippen molar-refractivity contribution in [1.29, 1.82) is 0 Å². The lowest BCUT2D eigenvalue weighted by molar-refractivity contribution is -0.137. The van der Waals surface area contributed by atoms with E-state index in [1.807, 2.05) is 13.8 Å². The molecule has 0 bridgehead atoms. The second kappa shape index (κ2) is 10.5. The van der Waals surface area contributed by atoms with E-state index >= 15 is 0 Å². The molecule has 0 aliphatic heterocycles. The molecule has 1 aromatic rings. The van der Waals surface area contributed by atoms with E-state index in [0.717, 1.165) is 32.0 Å². The highest BCUT2D eigenvalue weighted by Crippen LogP contribution is 2.36. The van der Waals surface area contributed by atoms with Crippen LogP contribution in [0.2, 0.25) is 0 Å². The molecule has 8 heteroatoms. The Kier molecular flexibility index (Phi) is 9.05. The van der Waals surface area contributed by atoms with E-state index < -0.39 is 23.5 Å². The van der Waals surface area contributed by atoms with Gasteiger partial charge in [0, 0.05) is 11.6 Å². The molecule has 0 saturated carbocycles. The van der Waals surface area contributed by atoms with Gasteiger partial charge in [0.15, 0.2) is 0 Å². The number of hydrogen-bond donors (Lipinski definition) is 4. The third-order valence-corrected chi connectivity index (χ3v) is 4.35. The van der Waals surface area contributed by atoms with Gasteiger partial charge in [0.1, 0.15) is 5.75 Å². The molecule has 2 unspecified atom stereocenters. The topological polar surface area (TPSA) is 73.4 Å². The lowest BCUT2D eigenvalue weighted by Gasteiger charge is -2.20. The number of hydrogen-bond acceptors (Lipinski definition) is 4. The van der Waals surface area contributed by atoms with Crippen LogP contribution >= 0.6 is 0 Å². The van der Waals surface area contributed by atoms with Crippen molar-refractivity contribution in [3.63, 3.8) is 0 Å². The van der Waals surface area contributed by atoms with E-state index in [1.165, 1.54) is 6.92 Å². The van der Waals surface area contributed by atoms with E-state index in [-0.39, 0.29) is 29.6 Å². The zero-order chi connectivity index (χ0) is 20.6. The molecule has 2 atom stereocenters. The van der Waals surface area contributed by atoms with Crippen molar-refractivity contribution in [2.24, 2.45) is 0 Å². The largest absolute Gasteiger partial charge is 0.508 e. The first-order valence-electron chi connectivity index (χ1n) is 9.20. The maximum Gasteiger partial charge on any atom is 0.416 e. The number of alkyl halides is 3. The summed E-state index contributed by atoms with van der Waals surface area (Å²) in [5.74, 6) is -0.750. The molecule has 0 aliphatic carbocycles. The van der Waals surface area contributed by atoms with E-state index in [1.54, 1.807) is 6.92 Å². The predicted octanol–water partition coefficient (Wildman–Crippen LogP) is 3.26. The number of phenols is 1. The number of carbonyl (C=O) groups excluding carboxylic acids is 1. The van der Waals surface area contributed by atoms with Gasteiger partial charge in [0.05, 0.1) is 18.2 Å². The second-order valence-corrected chi connectivity index (χ2v) is 6.79. The Morgan fingerprint density at radius 2 is 1.93 bits per heavy atom. The van der Waals surface area contributed by atoms with Crippen molar-refractivity contribution in [2.45, 2.75) is 58.8 Å². The molecule has 1 amide bonds. The molecule has 5 nitrogen and oxygen atoms in total. The van der Waals surface area contributed by atoms with Gasteiger partial charge >= 0.3 is 6.18 Å². The smallest absolute Gasteiger partial charge is 0.416 e. The van der Waals surface area contributed by atoms with Crippen molar-refractivity contribution in [1.82, 2.24) is 16.0 Å². The number of rotatable bonds is 10. The Bertz CT molecular complexity index is 598. The molecule has 0 radical (unpaired) electrons. The van der Waals surface area contributed by atoms with Crippen LogP contribution in [0.5, 0.6) is 5.75 Å². The number of benzene rings is 1. The third kappa shape index (κ3) is 7.76. The molecule has 1 aromatic carbocycles. The van der Waals surface area contributed by atoms with Gasteiger partial charge < -0.3 is 21.1 Å². The number of phenolic OH excluding ortho intramolecular Hbond substituents is 1. The quantitative estimate of drug-likeness (QED) is 0.464. The molecule has 4 N–H and O–H groups in total. The van der Waals surface area contributed by atoms with Gasteiger partial charge in [-0.2, -0.15) is 13.2 Å². The first-order valence-corrected chi connectivity index (χ1v) is 9.20. The van der Waals surface area contributed by atoms with Crippen molar-refractivity contribution in [2.75, 3.05) is 19.6 Å². The summed E-state index contributed by atoms with van der Waals surface area (Å²) in [6, 6.07) is 1.23. The Morgan fingerprint density at radius 1 is 1.26 bits per heavy atom. The van der Waals surface area contributed by atoms with E-state index in [9.17, 15) is 23.1 Å². The highest BCUT2D eigenvalue weighted by atomic mass is 19.4. The summed E-state index contributed by atoms with van der Waals surface area (Å²) < 4.78 is 38.4. The normalized spacial score (nSPS) is 14.0. The average Bonchev–Trinajstić information content (AvgIpc) is 2.55. The van der Waals surface area contributed by atoms with Gasteiger partial charge in [-0.25, -0.2) is 0 Å². The van der Waals surface area contributed by atoms with Gasteiger partial charge in [-0.15, -0.1) is 0 Å². The Balaban J connectivity index is 2.58. The molecule has 27 heavy (non-hydrogen) atoms. The standard InChI is InChI=1S/C19H30F3N3O2/c1-5-23-8-6-7-13(3)24-11-17(27)25-14(4)18-12(2)9-15(10-16(18)26)19(20,21)22/h9-10,13-14,23-24,26H,5-8,11H2,1-4H3,(H,25,27). The van der Waals surface area contributed by atoms with E-state index in [2.05, 4.69) is 16.0 Å². The molecule has 1 rings (SSSR count). The molecule has 154 valence electrons. The van der Waals surface area contributed by atoms with Crippen molar-refractivity contribution in [3.8, 4) is 5.75 Å². The second-order valence-electron chi connectivity index (χ2n) is 6.79. The fourth-order valence-electron chi connectivity index (χ4n) is 2.95. The van der Waals surface area contributed by atoms with Crippen LogP contribution in [0, 0.1) is 6.92 Å². The minimum atomic E-state index is -4.53. The van der Waals surface area contributed by atoms with Crippen LogP contribution in [0.15, 0.2) is 12.1 Å². The minimum absolute atomic E-state index is 0.104. The Hall–Kier alpha value is -1.80. The fraction of sp³-hybridized carbons (Fsp3) is 0.632. The van der Waals surface area contributed by atoms with E-state index in [0.29, 0.717) is 6.07 Å². The maximum absolute atomic E-state index is 12.8. The maximum atomic E-state index is 12.8. The van der Waals surface area contributed by atoms with Crippen molar-refractivity contribution < 1.29 is 23.1 Å². The summed E-state index contributed by atoms with van der Waals surface area (Å²) >= 11 is 0. The number of nitrogens with one attached hydrogen (secondary N) is 3. The lowest BCUT2D eigenvalue weighted by atomic mass is 9.98. The molecule has 0 fully saturated rings. The first-order chi connectivity index (χ1) is 12.6. The van der Waals surface area contributed by atoms with Crippen LogP contribution in [-0.2, 0) is 11.0 Å². The molecule has 0 aliphatic rings. The number of carbonyl (C=O) groups is 1. The van der Waals surface area contributed by atoms with Crippen LogP contribution in [-0.4, -0.2) is 36.7 Å². The fourth-order valence-corrected chi connectivity index (χ4v) is 2.95. The van der Waals surface area contributed by atoms with Crippen LogP contribution in [0.1, 0.15) is 56.3 Å². The van der Waals surface area contributed by atoms with Gasteiger partial charge in [0.2, 0.25) is 5.91 Å². The molecule has 0 saturated heterocycles. The van der Waals surface area contributed by atoms with Crippen molar-refractivity contribution in [3.05, 3.63) is 28.8 Å². The number of aryl methyl sites for hydroxylation is 1. The molecular formula is C19H30F3N3O2. The van der Waals surface area contributed by atoms with Crippen molar-refractivity contribution >= 4 is 5.91 Å². The molecule has 0 spiro atoms. The van der Waals surface area contributed by atoms with Gasteiger partial charge in [-0.3, -0.25) is 4.79 Å². The van der Waals surface area contributed by atoms with Crippen LogP contribution in [0.25, 0.3) is 0 Å². The highest BCUT2D eigenvalue weighted by Gasteiger charge is 2.32. The average molecular weight is 389 g/mol. The summed E-state index contributed by atoms with van der Waals surface area (Å²) in [5, 5.41) is 19.1. The Morgan fingerprint density at radius 3 is 2.48 bits per heavy atom. The van der Waals surface area contributed by atoms with Crippen LogP contribution in [0.4, 0.5) is 13.2 Å². The summed E-state index contributed by atoms with van der Waals surface area (Å²) in [5.41, 5.74) is -0.345. The summed E-state index contributed by atoms with van der Waals surface area (Å²) in [6.45, 7) is 9.12. The number of aromatic hydroxyl groups is 1. The Labute approximate surface area is 158 Å². The number of amides is 1.